The van der Waals surface area contributed by atoms with E-state index < -0.39 is 17.2 Å². The van der Waals surface area contributed by atoms with Gasteiger partial charge in [0.1, 0.15) is 0 Å². The van der Waals surface area contributed by atoms with Crippen LogP contribution in [0.15, 0.2) is 22.7 Å². The maximum absolute atomic E-state index is 13.3. The predicted molar refractivity (Wildman–Crippen MR) is 73.1 cm³/mol. The molecular formula is C15H17F2N3O. The number of nitrogens with zero attached hydrogens (tertiary/aromatic N) is 2. The van der Waals surface area contributed by atoms with Gasteiger partial charge >= 0.3 is 0 Å². The van der Waals surface area contributed by atoms with Gasteiger partial charge in [0.05, 0.1) is 5.54 Å². The molecule has 1 heterocycles. The Bertz CT molecular complexity index is 658. The summed E-state index contributed by atoms with van der Waals surface area (Å²) in [6, 6.07) is 3.51. The van der Waals surface area contributed by atoms with Gasteiger partial charge in [-0.25, -0.2) is 8.78 Å². The molecule has 6 heteroatoms. The lowest BCUT2D eigenvalue weighted by molar-refractivity contribution is 0.183. The second kappa shape index (κ2) is 5.18. The summed E-state index contributed by atoms with van der Waals surface area (Å²) in [6.45, 7) is 2.15. The highest BCUT2D eigenvalue weighted by molar-refractivity contribution is 5.54. The van der Waals surface area contributed by atoms with Crippen molar-refractivity contribution < 1.29 is 13.3 Å². The van der Waals surface area contributed by atoms with Gasteiger partial charge in [-0.2, -0.15) is 4.98 Å². The molecule has 0 spiro atoms. The van der Waals surface area contributed by atoms with Crippen molar-refractivity contribution >= 4 is 0 Å². The van der Waals surface area contributed by atoms with E-state index in [-0.39, 0.29) is 5.82 Å². The molecule has 1 aliphatic rings. The van der Waals surface area contributed by atoms with E-state index in [1.54, 1.807) is 0 Å². The molecule has 1 aromatic heterocycles. The molecule has 0 saturated heterocycles. The molecule has 4 nitrogen and oxygen atoms in total. The highest BCUT2D eigenvalue weighted by Crippen LogP contribution is 2.37. The number of halogens is 2. The molecule has 0 bridgehead atoms. The fourth-order valence-electron chi connectivity index (χ4n) is 2.96. The third-order valence-electron chi connectivity index (χ3n) is 4.06. The van der Waals surface area contributed by atoms with Gasteiger partial charge in [0.25, 0.3) is 0 Å². The van der Waals surface area contributed by atoms with Crippen LogP contribution in [0.3, 0.4) is 0 Å². The number of hydrogen-bond donors (Lipinski definition) is 1. The molecule has 1 saturated carbocycles. The van der Waals surface area contributed by atoms with Gasteiger partial charge in [0.15, 0.2) is 11.6 Å². The summed E-state index contributed by atoms with van der Waals surface area (Å²) in [5.74, 6) is -0.741. The Balaban J connectivity index is 1.90. The lowest BCUT2D eigenvalue weighted by Crippen LogP contribution is -2.41. The van der Waals surface area contributed by atoms with Gasteiger partial charge in [-0.3, -0.25) is 0 Å². The molecule has 2 atom stereocenters. The molecule has 112 valence electrons. The number of nitrogens with two attached hydrogens (primary N) is 1. The first kappa shape index (κ1) is 14.1. The number of benzene rings is 1. The van der Waals surface area contributed by atoms with Crippen molar-refractivity contribution in [1.29, 1.82) is 0 Å². The maximum atomic E-state index is 13.3. The first-order valence-electron chi connectivity index (χ1n) is 7.06. The Morgan fingerprint density at radius 2 is 2.14 bits per heavy atom. The average molecular weight is 293 g/mol. The summed E-state index contributed by atoms with van der Waals surface area (Å²) in [6.07, 6.45) is 3.73. The molecular weight excluding hydrogens is 276 g/mol. The number of hydrogen-bond acceptors (Lipinski definition) is 4. The SMILES string of the molecule is CC1CCCC(N)(c2nc(-c3ccc(F)c(F)c3)no2)C1. The number of aromatic nitrogens is 2. The molecule has 2 unspecified atom stereocenters. The predicted octanol–water partition coefficient (Wildman–Crippen LogP) is 3.38. The first-order chi connectivity index (χ1) is 9.98. The Morgan fingerprint density at radius 3 is 2.86 bits per heavy atom. The first-order valence-corrected chi connectivity index (χ1v) is 7.06. The van der Waals surface area contributed by atoms with E-state index in [2.05, 4.69) is 17.1 Å². The Labute approximate surface area is 121 Å². The van der Waals surface area contributed by atoms with Crippen molar-refractivity contribution in [3.05, 3.63) is 35.7 Å². The second-order valence-electron chi connectivity index (χ2n) is 5.91. The summed E-state index contributed by atoms with van der Waals surface area (Å²) in [5.41, 5.74) is 6.13. The van der Waals surface area contributed by atoms with Crippen molar-refractivity contribution in [2.75, 3.05) is 0 Å². The highest BCUT2D eigenvalue weighted by atomic mass is 19.2. The van der Waals surface area contributed by atoms with E-state index in [9.17, 15) is 8.78 Å². The smallest absolute Gasteiger partial charge is 0.247 e. The van der Waals surface area contributed by atoms with Gasteiger partial charge < -0.3 is 10.3 Å². The molecule has 0 aliphatic heterocycles. The third kappa shape index (κ3) is 2.68. The van der Waals surface area contributed by atoms with E-state index in [4.69, 9.17) is 10.3 Å². The van der Waals surface area contributed by atoms with Gasteiger partial charge in [0, 0.05) is 5.56 Å². The highest BCUT2D eigenvalue weighted by Gasteiger charge is 2.37. The van der Waals surface area contributed by atoms with E-state index in [1.165, 1.54) is 6.07 Å². The number of rotatable bonds is 2. The van der Waals surface area contributed by atoms with Crippen molar-refractivity contribution in [2.24, 2.45) is 11.7 Å². The van der Waals surface area contributed by atoms with Crippen molar-refractivity contribution in [3.8, 4) is 11.4 Å². The van der Waals surface area contributed by atoms with Crippen molar-refractivity contribution in [3.63, 3.8) is 0 Å². The van der Waals surface area contributed by atoms with Gasteiger partial charge in [-0.1, -0.05) is 24.9 Å². The molecule has 1 fully saturated rings. The Morgan fingerprint density at radius 1 is 1.33 bits per heavy atom. The van der Waals surface area contributed by atoms with Crippen LogP contribution in [0.2, 0.25) is 0 Å². The Hall–Kier alpha value is -1.82. The fraction of sp³-hybridized carbons (Fsp3) is 0.467. The normalized spacial score (nSPS) is 26.0. The summed E-state index contributed by atoms with van der Waals surface area (Å²) in [4.78, 5) is 4.29. The molecule has 1 aromatic carbocycles. The largest absolute Gasteiger partial charge is 0.337 e. The maximum Gasteiger partial charge on any atom is 0.247 e. The quantitative estimate of drug-likeness (QED) is 0.922. The van der Waals surface area contributed by atoms with E-state index in [0.29, 0.717) is 17.4 Å². The van der Waals surface area contributed by atoms with E-state index in [0.717, 1.165) is 37.8 Å². The molecule has 3 rings (SSSR count). The second-order valence-corrected chi connectivity index (χ2v) is 5.91. The Kier molecular flexibility index (Phi) is 3.49. The van der Waals surface area contributed by atoms with Gasteiger partial charge in [-0.15, -0.1) is 0 Å². The summed E-state index contributed by atoms with van der Waals surface area (Å²) >= 11 is 0. The lowest BCUT2D eigenvalue weighted by Gasteiger charge is -2.33. The topological polar surface area (TPSA) is 64.9 Å². The monoisotopic (exact) mass is 293 g/mol. The van der Waals surface area contributed by atoms with Crippen LogP contribution in [0, 0.1) is 17.6 Å². The van der Waals surface area contributed by atoms with Crippen LogP contribution in [-0.2, 0) is 5.54 Å². The molecule has 0 amide bonds. The summed E-state index contributed by atoms with van der Waals surface area (Å²) in [7, 11) is 0. The fourth-order valence-corrected chi connectivity index (χ4v) is 2.96. The molecule has 2 N–H and O–H groups in total. The standard InChI is InChI=1S/C15H17F2N3O/c1-9-3-2-6-15(18,8-9)14-19-13(20-21-14)10-4-5-11(16)12(17)7-10/h4-5,7,9H,2-3,6,8,18H2,1H3. The van der Waals surface area contributed by atoms with Crippen LogP contribution in [0.1, 0.15) is 38.5 Å². The summed E-state index contributed by atoms with van der Waals surface area (Å²) < 4.78 is 31.5. The zero-order chi connectivity index (χ0) is 15.0. The van der Waals surface area contributed by atoms with Crippen LogP contribution < -0.4 is 5.73 Å². The zero-order valence-electron chi connectivity index (χ0n) is 11.8. The van der Waals surface area contributed by atoms with E-state index in [1.807, 2.05) is 0 Å². The minimum Gasteiger partial charge on any atom is -0.337 e. The van der Waals surface area contributed by atoms with Crippen LogP contribution in [0.5, 0.6) is 0 Å². The molecule has 0 radical (unpaired) electrons. The molecule has 1 aliphatic carbocycles. The van der Waals surface area contributed by atoms with Crippen LogP contribution in [-0.4, -0.2) is 10.1 Å². The van der Waals surface area contributed by atoms with Gasteiger partial charge in [0.2, 0.25) is 11.7 Å². The van der Waals surface area contributed by atoms with Crippen molar-refractivity contribution in [2.45, 2.75) is 38.1 Å². The third-order valence-corrected chi connectivity index (χ3v) is 4.06. The van der Waals surface area contributed by atoms with Crippen LogP contribution >= 0.6 is 0 Å². The lowest BCUT2D eigenvalue weighted by atomic mass is 9.77. The minimum atomic E-state index is -0.937. The minimum absolute atomic E-state index is 0.229. The molecule has 21 heavy (non-hydrogen) atoms. The average Bonchev–Trinajstić information content (AvgIpc) is 2.92. The van der Waals surface area contributed by atoms with Crippen LogP contribution in [0.4, 0.5) is 8.78 Å². The van der Waals surface area contributed by atoms with Gasteiger partial charge in [-0.05, 0) is 37.0 Å². The van der Waals surface area contributed by atoms with E-state index >= 15 is 0 Å². The van der Waals surface area contributed by atoms with Crippen LogP contribution in [0.25, 0.3) is 11.4 Å². The van der Waals surface area contributed by atoms with Crippen molar-refractivity contribution in [1.82, 2.24) is 10.1 Å². The summed E-state index contributed by atoms with van der Waals surface area (Å²) in [5, 5.41) is 3.85. The zero-order valence-corrected chi connectivity index (χ0v) is 11.8. The molecule has 2 aromatic rings.